The molecular weight excluding hydrogens is 182 g/mol. The molecule has 0 aliphatic rings. The molecule has 0 N–H and O–H groups in total. The molecule has 0 aliphatic carbocycles. The molecule has 0 bridgehead atoms. The highest BCUT2D eigenvalue weighted by molar-refractivity contribution is 5.57. The summed E-state index contributed by atoms with van der Waals surface area (Å²) in [5.41, 5.74) is 0.759. The van der Waals surface area contributed by atoms with Crippen LogP contribution in [0.1, 0.15) is 12.5 Å². The lowest BCUT2D eigenvalue weighted by Crippen LogP contribution is -1.94. The zero-order chi connectivity index (χ0) is 10.6. The summed E-state index contributed by atoms with van der Waals surface area (Å²) in [6.45, 7) is 1.44. The third kappa shape index (κ3) is 2.32. The van der Waals surface area contributed by atoms with E-state index in [1.54, 1.807) is 18.2 Å². The molecule has 1 rings (SSSR count). The normalized spacial score (nSPS) is 11.1. The number of rotatable bonds is 3. The second-order valence-corrected chi connectivity index (χ2v) is 2.71. The standard InChI is InChI=1S/C10H10NO3/c1-8(11(12)13)7-9-5-3-4-6-10(9)14-2/h3,5-7H,1-2H3. The highest BCUT2D eigenvalue weighted by Gasteiger charge is 2.05. The van der Waals surface area contributed by atoms with Crippen molar-refractivity contribution in [2.45, 2.75) is 6.92 Å². The first-order chi connectivity index (χ1) is 6.65. The molecule has 1 aromatic rings. The zero-order valence-corrected chi connectivity index (χ0v) is 7.98. The third-order valence-corrected chi connectivity index (χ3v) is 1.73. The summed E-state index contributed by atoms with van der Waals surface area (Å²) in [5, 5.41) is 10.4. The molecule has 1 aromatic carbocycles. The quantitative estimate of drug-likeness (QED) is 0.544. The molecule has 0 saturated carbocycles. The fourth-order valence-corrected chi connectivity index (χ4v) is 1.00. The Bertz CT molecular complexity index is 371. The lowest BCUT2D eigenvalue weighted by atomic mass is 10.2. The van der Waals surface area contributed by atoms with E-state index < -0.39 is 4.92 Å². The molecule has 0 atom stereocenters. The topological polar surface area (TPSA) is 52.4 Å². The molecule has 0 unspecified atom stereocenters. The molecule has 0 aliphatic heterocycles. The average Bonchev–Trinajstić information content (AvgIpc) is 2.18. The Hall–Kier alpha value is -1.84. The monoisotopic (exact) mass is 192 g/mol. The van der Waals surface area contributed by atoms with Crippen molar-refractivity contribution in [3.63, 3.8) is 0 Å². The molecule has 0 aromatic heterocycles. The Balaban J connectivity index is 3.07. The van der Waals surface area contributed by atoms with Crippen LogP contribution in [0.4, 0.5) is 0 Å². The van der Waals surface area contributed by atoms with Crippen LogP contribution in [0.2, 0.25) is 0 Å². The second-order valence-electron chi connectivity index (χ2n) is 2.71. The summed E-state index contributed by atoms with van der Waals surface area (Å²) in [6, 6.07) is 7.86. The van der Waals surface area contributed by atoms with Crippen molar-refractivity contribution in [1.29, 1.82) is 0 Å². The van der Waals surface area contributed by atoms with Crippen molar-refractivity contribution in [1.82, 2.24) is 0 Å². The van der Waals surface area contributed by atoms with Gasteiger partial charge < -0.3 is 4.74 Å². The smallest absolute Gasteiger partial charge is 0.243 e. The van der Waals surface area contributed by atoms with Crippen LogP contribution in [0.25, 0.3) is 6.08 Å². The zero-order valence-electron chi connectivity index (χ0n) is 7.98. The molecule has 4 heteroatoms. The highest BCUT2D eigenvalue weighted by Crippen LogP contribution is 2.19. The van der Waals surface area contributed by atoms with Gasteiger partial charge in [0.15, 0.2) is 0 Å². The van der Waals surface area contributed by atoms with Gasteiger partial charge in [-0.05, 0) is 12.1 Å². The summed E-state index contributed by atoms with van der Waals surface area (Å²) in [4.78, 5) is 9.96. The molecule has 0 amide bonds. The van der Waals surface area contributed by atoms with E-state index >= 15 is 0 Å². The van der Waals surface area contributed by atoms with Crippen molar-refractivity contribution >= 4 is 6.08 Å². The van der Waals surface area contributed by atoms with Gasteiger partial charge in [0.05, 0.1) is 12.0 Å². The van der Waals surface area contributed by atoms with Gasteiger partial charge in [0, 0.05) is 18.6 Å². The number of allylic oxidation sites excluding steroid dienone is 1. The number of hydrogen-bond donors (Lipinski definition) is 0. The Labute approximate surface area is 82.0 Å². The number of nitrogens with zero attached hydrogens (tertiary/aromatic N) is 1. The van der Waals surface area contributed by atoms with E-state index in [0.29, 0.717) is 11.3 Å². The van der Waals surface area contributed by atoms with Gasteiger partial charge in [-0.15, -0.1) is 0 Å². The fourth-order valence-electron chi connectivity index (χ4n) is 1.00. The number of methoxy groups -OCH3 is 1. The third-order valence-electron chi connectivity index (χ3n) is 1.73. The van der Waals surface area contributed by atoms with E-state index in [1.807, 2.05) is 0 Å². The van der Waals surface area contributed by atoms with Crippen LogP contribution in [0.3, 0.4) is 0 Å². The van der Waals surface area contributed by atoms with Gasteiger partial charge in [-0.2, -0.15) is 0 Å². The van der Waals surface area contributed by atoms with Gasteiger partial charge in [-0.3, -0.25) is 10.1 Å². The second kappa shape index (κ2) is 4.41. The first-order valence-corrected chi connectivity index (χ1v) is 4.02. The van der Waals surface area contributed by atoms with Gasteiger partial charge in [0.25, 0.3) is 0 Å². The Morgan fingerprint density at radius 2 is 2.43 bits per heavy atom. The maximum absolute atomic E-state index is 10.4. The van der Waals surface area contributed by atoms with E-state index in [0.717, 1.165) is 0 Å². The Morgan fingerprint density at radius 3 is 3.00 bits per heavy atom. The summed E-state index contributed by atoms with van der Waals surface area (Å²) >= 11 is 0. The van der Waals surface area contributed by atoms with Crippen LogP contribution >= 0.6 is 0 Å². The lowest BCUT2D eigenvalue weighted by molar-refractivity contribution is -0.422. The van der Waals surface area contributed by atoms with Crippen LogP contribution in [0, 0.1) is 16.2 Å². The number of benzene rings is 1. The predicted molar refractivity (Wildman–Crippen MR) is 52.5 cm³/mol. The minimum Gasteiger partial charge on any atom is -0.496 e. The van der Waals surface area contributed by atoms with Gasteiger partial charge in [0.1, 0.15) is 5.75 Å². The minimum absolute atomic E-state index is 0.0782. The fraction of sp³-hybridized carbons (Fsp3) is 0.200. The molecule has 0 saturated heterocycles. The Morgan fingerprint density at radius 1 is 1.71 bits per heavy atom. The molecule has 14 heavy (non-hydrogen) atoms. The van der Waals surface area contributed by atoms with E-state index in [4.69, 9.17) is 4.74 Å². The molecule has 0 spiro atoms. The summed E-state index contributed by atoms with van der Waals surface area (Å²) in [5.74, 6) is 0.578. The molecule has 1 radical (unpaired) electrons. The molecule has 4 nitrogen and oxygen atoms in total. The molecule has 0 fully saturated rings. The summed E-state index contributed by atoms with van der Waals surface area (Å²) in [6.07, 6.45) is 1.46. The van der Waals surface area contributed by atoms with Crippen LogP contribution in [-0.4, -0.2) is 12.0 Å². The average molecular weight is 192 g/mol. The van der Waals surface area contributed by atoms with Gasteiger partial charge in [-0.25, -0.2) is 0 Å². The van der Waals surface area contributed by atoms with Gasteiger partial charge in [-0.1, -0.05) is 12.1 Å². The summed E-state index contributed by atoms with van der Waals surface area (Å²) in [7, 11) is 1.52. The number of hydrogen-bond acceptors (Lipinski definition) is 3. The van der Waals surface area contributed by atoms with Crippen molar-refractivity contribution in [2.75, 3.05) is 7.11 Å². The van der Waals surface area contributed by atoms with Crippen LogP contribution < -0.4 is 4.74 Å². The van der Waals surface area contributed by atoms with E-state index in [9.17, 15) is 10.1 Å². The molecule has 0 heterocycles. The van der Waals surface area contributed by atoms with E-state index in [-0.39, 0.29) is 5.70 Å². The van der Waals surface area contributed by atoms with Gasteiger partial charge in [0.2, 0.25) is 5.70 Å². The van der Waals surface area contributed by atoms with Crippen molar-refractivity contribution in [2.24, 2.45) is 0 Å². The maximum atomic E-state index is 10.4. The van der Waals surface area contributed by atoms with Crippen LogP contribution in [0.15, 0.2) is 23.9 Å². The largest absolute Gasteiger partial charge is 0.496 e. The van der Waals surface area contributed by atoms with Crippen molar-refractivity contribution in [3.8, 4) is 5.75 Å². The van der Waals surface area contributed by atoms with Gasteiger partial charge >= 0.3 is 0 Å². The number of ether oxygens (including phenoxy) is 1. The van der Waals surface area contributed by atoms with Crippen LogP contribution in [-0.2, 0) is 0 Å². The molecular formula is C10H10NO3. The summed E-state index contributed by atoms with van der Waals surface area (Å²) < 4.78 is 5.03. The van der Waals surface area contributed by atoms with E-state index in [2.05, 4.69) is 6.07 Å². The van der Waals surface area contributed by atoms with E-state index in [1.165, 1.54) is 20.1 Å². The number of nitro groups is 1. The first-order valence-electron chi connectivity index (χ1n) is 4.02. The first kappa shape index (κ1) is 10.2. The molecule has 73 valence electrons. The van der Waals surface area contributed by atoms with Crippen molar-refractivity contribution in [3.05, 3.63) is 45.6 Å². The minimum atomic E-state index is -0.434. The lowest BCUT2D eigenvalue weighted by Gasteiger charge is -2.02. The van der Waals surface area contributed by atoms with Crippen LogP contribution in [0.5, 0.6) is 5.75 Å². The Kier molecular flexibility index (Phi) is 3.23. The predicted octanol–water partition coefficient (Wildman–Crippen LogP) is 2.13. The highest BCUT2D eigenvalue weighted by atomic mass is 16.6. The van der Waals surface area contributed by atoms with Crippen molar-refractivity contribution < 1.29 is 9.66 Å². The SMILES string of the molecule is COc1c[c]ccc1C=C(C)[N+](=O)[O-]. The maximum Gasteiger partial charge on any atom is 0.243 e.